The van der Waals surface area contributed by atoms with Crippen LogP contribution in [0.15, 0.2) is 0 Å². The first-order valence-electron chi connectivity index (χ1n) is 4.94. The molecule has 0 bridgehead atoms. The number of nitrogens with two attached hydrogens (primary N) is 1. The van der Waals surface area contributed by atoms with E-state index < -0.39 is 6.17 Å². The summed E-state index contributed by atoms with van der Waals surface area (Å²) < 4.78 is 13.7. The SMILES string of the molecule is CC1(C)CCC(F)c2sc(N)c(C#N)c21. The van der Waals surface area contributed by atoms with Crippen LogP contribution in [0.4, 0.5) is 9.39 Å². The van der Waals surface area contributed by atoms with Gasteiger partial charge < -0.3 is 5.73 Å². The van der Waals surface area contributed by atoms with Gasteiger partial charge in [0.05, 0.1) is 5.56 Å². The highest BCUT2D eigenvalue weighted by Crippen LogP contribution is 2.50. The highest BCUT2D eigenvalue weighted by molar-refractivity contribution is 7.16. The summed E-state index contributed by atoms with van der Waals surface area (Å²) in [6.45, 7) is 4.09. The van der Waals surface area contributed by atoms with Gasteiger partial charge in [0.2, 0.25) is 0 Å². The lowest BCUT2D eigenvalue weighted by Crippen LogP contribution is -2.24. The molecule has 0 spiro atoms. The Morgan fingerprint density at radius 3 is 2.87 bits per heavy atom. The van der Waals surface area contributed by atoms with Gasteiger partial charge in [-0.3, -0.25) is 0 Å². The molecule has 2 rings (SSSR count). The first-order chi connectivity index (χ1) is 6.97. The van der Waals surface area contributed by atoms with Crippen molar-refractivity contribution in [3.8, 4) is 6.07 Å². The van der Waals surface area contributed by atoms with E-state index >= 15 is 0 Å². The van der Waals surface area contributed by atoms with Crippen molar-refractivity contribution in [3.05, 3.63) is 16.0 Å². The Kier molecular flexibility index (Phi) is 2.23. The summed E-state index contributed by atoms with van der Waals surface area (Å²) >= 11 is 1.23. The summed E-state index contributed by atoms with van der Waals surface area (Å²) in [5.74, 6) is 0. The van der Waals surface area contributed by atoms with Crippen molar-refractivity contribution >= 4 is 16.3 Å². The van der Waals surface area contributed by atoms with Gasteiger partial charge in [-0.1, -0.05) is 13.8 Å². The second-order valence-corrected chi connectivity index (χ2v) is 5.67. The largest absolute Gasteiger partial charge is 0.389 e. The Balaban J connectivity index is 2.70. The zero-order valence-electron chi connectivity index (χ0n) is 8.80. The van der Waals surface area contributed by atoms with Crippen molar-refractivity contribution in [2.75, 3.05) is 5.73 Å². The molecular formula is C11H13FN2S. The second-order valence-electron chi connectivity index (χ2n) is 4.58. The van der Waals surface area contributed by atoms with Gasteiger partial charge in [-0.05, 0) is 23.8 Å². The van der Waals surface area contributed by atoms with E-state index in [0.29, 0.717) is 21.9 Å². The molecule has 1 heterocycles. The molecule has 1 aliphatic carbocycles. The fourth-order valence-corrected chi connectivity index (χ4v) is 3.43. The van der Waals surface area contributed by atoms with Gasteiger partial charge in [0.15, 0.2) is 0 Å². The maximum Gasteiger partial charge on any atom is 0.135 e. The molecule has 0 saturated heterocycles. The number of halogens is 1. The van der Waals surface area contributed by atoms with Crippen molar-refractivity contribution in [1.82, 2.24) is 0 Å². The first-order valence-corrected chi connectivity index (χ1v) is 5.76. The number of nitrogens with zero attached hydrogens (tertiary/aromatic N) is 1. The Morgan fingerprint density at radius 2 is 2.27 bits per heavy atom. The summed E-state index contributed by atoms with van der Waals surface area (Å²) in [6, 6.07) is 2.10. The smallest absolute Gasteiger partial charge is 0.135 e. The van der Waals surface area contributed by atoms with Crippen LogP contribution < -0.4 is 5.73 Å². The van der Waals surface area contributed by atoms with Crippen LogP contribution in [0.25, 0.3) is 0 Å². The number of rotatable bonds is 0. The standard InChI is InChI=1S/C11H13FN2S/c1-11(2)4-3-7(12)9-8(11)6(5-13)10(14)15-9/h7H,3-4,14H2,1-2H3. The third-order valence-corrected chi connectivity index (χ3v) is 4.16. The number of fused-ring (bicyclic) bond motifs is 1. The van der Waals surface area contributed by atoms with Crippen molar-refractivity contribution in [1.29, 1.82) is 5.26 Å². The number of thiophene rings is 1. The topological polar surface area (TPSA) is 49.8 Å². The number of anilines is 1. The molecule has 0 aromatic carbocycles. The monoisotopic (exact) mass is 224 g/mol. The van der Waals surface area contributed by atoms with E-state index in [1.165, 1.54) is 11.3 Å². The minimum atomic E-state index is -0.942. The van der Waals surface area contributed by atoms with Gasteiger partial charge in [-0.15, -0.1) is 11.3 Å². The number of alkyl halides is 1. The number of nitriles is 1. The van der Waals surface area contributed by atoms with Gasteiger partial charge in [0.1, 0.15) is 17.2 Å². The van der Waals surface area contributed by atoms with Gasteiger partial charge in [-0.2, -0.15) is 5.26 Å². The lowest BCUT2D eigenvalue weighted by atomic mass is 9.74. The fraction of sp³-hybridized carbons (Fsp3) is 0.545. The normalized spacial score (nSPS) is 23.2. The predicted molar refractivity (Wildman–Crippen MR) is 59.6 cm³/mol. The van der Waals surface area contributed by atoms with E-state index in [0.717, 1.165) is 12.0 Å². The maximum absolute atomic E-state index is 13.7. The predicted octanol–water partition coefficient (Wildman–Crippen LogP) is 3.28. The molecule has 2 nitrogen and oxygen atoms in total. The van der Waals surface area contributed by atoms with Crippen LogP contribution in [0.5, 0.6) is 0 Å². The number of nitrogen functional groups attached to an aromatic ring is 1. The van der Waals surface area contributed by atoms with Crippen LogP contribution in [-0.2, 0) is 5.41 Å². The molecule has 1 aromatic heterocycles. The Hall–Kier alpha value is -1.08. The van der Waals surface area contributed by atoms with E-state index in [-0.39, 0.29) is 5.41 Å². The van der Waals surface area contributed by atoms with Gasteiger partial charge in [0, 0.05) is 4.88 Å². The van der Waals surface area contributed by atoms with E-state index in [1.807, 2.05) is 13.8 Å². The third kappa shape index (κ3) is 1.42. The number of hydrogen-bond donors (Lipinski definition) is 1. The summed E-state index contributed by atoms with van der Waals surface area (Å²) in [5.41, 5.74) is 6.94. The summed E-state index contributed by atoms with van der Waals surface area (Å²) in [6.07, 6.45) is 0.360. The van der Waals surface area contributed by atoms with Crippen molar-refractivity contribution in [2.45, 2.75) is 38.3 Å². The summed E-state index contributed by atoms with van der Waals surface area (Å²) in [4.78, 5) is 0.667. The molecule has 1 atom stereocenters. The molecule has 0 amide bonds. The molecule has 0 fully saturated rings. The van der Waals surface area contributed by atoms with Gasteiger partial charge in [0.25, 0.3) is 0 Å². The van der Waals surface area contributed by atoms with Crippen LogP contribution in [-0.4, -0.2) is 0 Å². The molecule has 4 heteroatoms. The zero-order valence-corrected chi connectivity index (χ0v) is 9.62. The van der Waals surface area contributed by atoms with Crippen molar-refractivity contribution < 1.29 is 4.39 Å². The van der Waals surface area contributed by atoms with Crippen LogP contribution >= 0.6 is 11.3 Å². The maximum atomic E-state index is 13.7. The molecule has 0 radical (unpaired) electrons. The molecule has 1 unspecified atom stereocenters. The van der Waals surface area contributed by atoms with Crippen LogP contribution in [0, 0.1) is 11.3 Å². The quantitative estimate of drug-likeness (QED) is 0.735. The van der Waals surface area contributed by atoms with Crippen LogP contribution in [0.2, 0.25) is 0 Å². The van der Waals surface area contributed by atoms with Crippen molar-refractivity contribution in [2.24, 2.45) is 0 Å². The molecule has 2 N–H and O–H groups in total. The minimum absolute atomic E-state index is 0.128. The third-order valence-electron chi connectivity index (χ3n) is 3.06. The number of hydrogen-bond acceptors (Lipinski definition) is 3. The molecular weight excluding hydrogens is 211 g/mol. The molecule has 15 heavy (non-hydrogen) atoms. The van der Waals surface area contributed by atoms with E-state index in [1.54, 1.807) is 0 Å². The minimum Gasteiger partial charge on any atom is -0.389 e. The molecule has 80 valence electrons. The van der Waals surface area contributed by atoms with Crippen LogP contribution in [0.1, 0.15) is 48.9 Å². The first kappa shape index (κ1) is 10.4. The highest BCUT2D eigenvalue weighted by Gasteiger charge is 2.37. The average molecular weight is 224 g/mol. The Labute approximate surface area is 92.5 Å². The molecule has 0 saturated carbocycles. The van der Waals surface area contributed by atoms with Crippen molar-refractivity contribution in [3.63, 3.8) is 0 Å². The Bertz CT molecular complexity index is 442. The molecule has 1 aliphatic rings. The lowest BCUT2D eigenvalue weighted by molar-refractivity contribution is 0.265. The molecule has 1 aromatic rings. The highest BCUT2D eigenvalue weighted by atomic mass is 32.1. The summed E-state index contributed by atoms with van der Waals surface area (Å²) in [7, 11) is 0. The average Bonchev–Trinajstić information content (AvgIpc) is 2.51. The summed E-state index contributed by atoms with van der Waals surface area (Å²) in [5, 5.41) is 9.49. The molecule has 0 aliphatic heterocycles. The lowest BCUT2D eigenvalue weighted by Gasteiger charge is -2.31. The van der Waals surface area contributed by atoms with E-state index in [2.05, 4.69) is 6.07 Å². The van der Waals surface area contributed by atoms with Crippen LogP contribution in [0.3, 0.4) is 0 Å². The Morgan fingerprint density at radius 1 is 1.60 bits per heavy atom. The second kappa shape index (κ2) is 3.21. The van der Waals surface area contributed by atoms with Gasteiger partial charge >= 0.3 is 0 Å². The van der Waals surface area contributed by atoms with Gasteiger partial charge in [-0.25, -0.2) is 4.39 Å². The zero-order chi connectivity index (χ0) is 11.2. The fourth-order valence-electron chi connectivity index (χ4n) is 2.21. The van der Waals surface area contributed by atoms with E-state index in [4.69, 9.17) is 11.0 Å². The van der Waals surface area contributed by atoms with E-state index in [9.17, 15) is 4.39 Å².